The Labute approximate surface area is 111 Å². The Morgan fingerprint density at radius 3 is 2.53 bits per heavy atom. The minimum Gasteiger partial charge on any atom is -0.382 e. The molecule has 2 aliphatic heterocycles. The Bertz CT molecular complexity index is 260. The first kappa shape index (κ1) is 13.3. The fourth-order valence-electron chi connectivity index (χ4n) is 2.89. The van der Waals surface area contributed by atoms with Gasteiger partial charge in [0.1, 0.15) is 6.61 Å². The summed E-state index contributed by atoms with van der Waals surface area (Å²) < 4.78 is 10.2. The summed E-state index contributed by atoms with van der Waals surface area (Å²) in [7, 11) is 1.63. The monoisotopic (exact) mass is 305 g/mol. The number of methoxy groups -OCH3 is 1. The van der Waals surface area contributed by atoms with Gasteiger partial charge in [0.05, 0.1) is 13.2 Å². The molecule has 17 heavy (non-hydrogen) atoms. The lowest BCUT2D eigenvalue weighted by atomic mass is 10.0. The molecule has 2 fully saturated rings. The number of nitrogens with zero attached hydrogens (tertiary/aromatic N) is 1. The summed E-state index contributed by atoms with van der Waals surface area (Å²) in [6, 6.07) is 0.855. The van der Waals surface area contributed by atoms with Gasteiger partial charge in [-0.25, -0.2) is 0 Å². The van der Waals surface area contributed by atoms with E-state index in [-0.39, 0.29) is 12.5 Å². The highest BCUT2D eigenvalue weighted by Gasteiger charge is 2.42. The van der Waals surface area contributed by atoms with Gasteiger partial charge in [-0.05, 0) is 25.7 Å². The van der Waals surface area contributed by atoms with Gasteiger partial charge in [0, 0.05) is 24.0 Å². The normalized spacial score (nSPS) is 31.9. The Balaban J connectivity index is 1.80. The molecule has 0 aromatic heterocycles. The molecular weight excluding hydrogens is 286 g/mol. The summed E-state index contributed by atoms with van der Waals surface area (Å²) >= 11 is 3.67. The number of halogens is 1. The van der Waals surface area contributed by atoms with E-state index in [9.17, 15) is 4.79 Å². The molecule has 2 atom stereocenters. The Morgan fingerprint density at radius 1 is 1.29 bits per heavy atom. The molecule has 98 valence electrons. The van der Waals surface area contributed by atoms with Crippen LogP contribution in [0.25, 0.3) is 0 Å². The number of fused-ring (bicyclic) bond motifs is 2. The maximum absolute atomic E-state index is 12.1. The molecule has 0 aromatic rings. The minimum absolute atomic E-state index is 0.146. The first-order valence-electron chi connectivity index (χ1n) is 6.24. The van der Waals surface area contributed by atoms with Crippen molar-refractivity contribution in [2.24, 2.45) is 0 Å². The third kappa shape index (κ3) is 3.20. The molecule has 5 heteroatoms. The summed E-state index contributed by atoms with van der Waals surface area (Å²) in [5.74, 6) is 0.146. The van der Waals surface area contributed by atoms with Crippen LogP contribution < -0.4 is 0 Å². The quantitative estimate of drug-likeness (QED) is 0.572. The maximum Gasteiger partial charge on any atom is 0.249 e. The third-order valence-corrected chi connectivity index (χ3v) is 4.37. The van der Waals surface area contributed by atoms with Gasteiger partial charge in [0.2, 0.25) is 5.91 Å². The van der Waals surface area contributed by atoms with E-state index in [1.165, 1.54) is 0 Å². The average Bonchev–Trinajstić information content (AvgIpc) is 2.57. The van der Waals surface area contributed by atoms with Crippen LogP contribution in [0.1, 0.15) is 25.7 Å². The number of hydrogen-bond donors (Lipinski definition) is 0. The molecule has 2 bridgehead atoms. The van der Waals surface area contributed by atoms with Crippen LogP contribution in [0.3, 0.4) is 0 Å². The zero-order chi connectivity index (χ0) is 12.3. The fraction of sp³-hybridized carbons (Fsp3) is 0.917. The lowest BCUT2D eigenvalue weighted by molar-refractivity contribution is -0.140. The number of carbonyl (C=O) groups is 1. The first-order valence-corrected chi connectivity index (χ1v) is 7.16. The lowest BCUT2D eigenvalue weighted by Gasteiger charge is -2.37. The highest BCUT2D eigenvalue weighted by molar-refractivity contribution is 9.09. The van der Waals surface area contributed by atoms with E-state index in [1.54, 1.807) is 7.11 Å². The topological polar surface area (TPSA) is 38.8 Å². The fourth-order valence-corrected chi connectivity index (χ4v) is 3.76. The number of hydrogen-bond acceptors (Lipinski definition) is 3. The van der Waals surface area contributed by atoms with Crippen molar-refractivity contribution in [1.29, 1.82) is 0 Å². The van der Waals surface area contributed by atoms with Gasteiger partial charge in [-0.15, -0.1) is 0 Å². The van der Waals surface area contributed by atoms with Gasteiger partial charge in [0.15, 0.2) is 0 Å². The van der Waals surface area contributed by atoms with Crippen LogP contribution in [-0.4, -0.2) is 54.6 Å². The summed E-state index contributed by atoms with van der Waals surface area (Å²) in [5.41, 5.74) is 0. The minimum atomic E-state index is 0.146. The molecule has 2 heterocycles. The predicted octanol–water partition coefficient (Wildman–Crippen LogP) is 1.57. The van der Waals surface area contributed by atoms with Crippen LogP contribution >= 0.6 is 15.9 Å². The van der Waals surface area contributed by atoms with Gasteiger partial charge < -0.3 is 14.4 Å². The SMILES string of the molecule is COCCOCC(=O)N1C2CCC1CC(Br)C2. The Kier molecular flexibility index (Phi) is 4.82. The van der Waals surface area contributed by atoms with Crippen molar-refractivity contribution in [2.75, 3.05) is 26.9 Å². The first-order chi connectivity index (χ1) is 8.22. The lowest BCUT2D eigenvalue weighted by Crippen LogP contribution is -2.48. The second kappa shape index (κ2) is 6.16. The molecule has 0 spiro atoms. The number of carbonyl (C=O) groups excluding carboxylic acids is 1. The number of piperidine rings is 1. The number of ether oxygens (including phenoxy) is 2. The Hall–Kier alpha value is -0.130. The zero-order valence-corrected chi connectivity index (χ0v) is 11.8. The zero-order valence-electron chi connectivity index (χ0n) is 10.2. The van der Waals surface area contributed by atoms with Crippen molar-refractivity contribution < 1.29 is 14.3 Å². The summed E-state index contributed by atoms with van der Waals surface area (Å²) in [5, 5.41) is 0. The van der Waals surface area contributed by atoms with Gasteiger partial charge in [-0.1, -0.05) is 15.9 Å². The molecule has 0 radical (unpaired) electrons. The van der Waals surface area contributed by atoms with Crippen molar-refractivity contribution in [1.82, 2.24) is 4.90 Å². The number of rotatable bonds is 5. The number of amides is 1. The molecule has 2 aliphatic rings. The van der Waals surface area contributed by atoms with E-state index in [2.05, 4.69) is 20.8 Å². The molecule has 0 aliphatic carbocycles. The predicted molar refractivity (Wildman–Crippen MR) is 68.3 cm³/mol. The molecule has 2 unspecified atom stereocenters. The molecule has 0 aromatic carbocycles. The van der Waals surface area contributed by atoms with Crippen LogP contribution in [-0.2, 0) is 14.3 Å². The molecule has 0 saturated carbocycles. The van der Waals surface area contributed by atoms with E-state index >= 15 is 0 Å². The van der Waals surface area contributed by atoms with Crippen LogP contribution in [0.2, 0.25) is 0 Å². The third-order valence-electron chi connectivity index (χ3n) is 3.62. The van der Waals surface area contributed by atoms with E-state index in [0.29, 0.717) is 30.1 Å². The van der Waals surface area contributed by atoms with Crippen LogP contribution in [0.15, 0.2) is 0 Å². The average molecular weight is 306 g/mol. The van der Waals surface area contributed by atoms with Crippen LogP contribution in [0, 0.1) is 0 Å². The second-order valence-corrected chi connectivity index (χ2v) is 6.10. The Morgan fingerprint density at radius 2 is 1.94 bits per heavy atom. The highest BCUT2D eigenvalue weighted by Crippen LogP contribution is 2.38. The largest absolute Gasteiger partial charge is 0.382 e. The molecule has 0 N–H and O–H groups in total. The molecule has 2 saturated heterocycles. The second-order valence-electron chi connectivity index (χ2n) is 4.80. The molecule has 4 nitrogen and oxygen atoms in total. The van der Waals surface area contributed by atoms with Crippen molar-refractivity contribution >= 4 is 21.8 Å². The van der Waals surface area contributed by atoms with Gasteiger partial charge in [0.25, 0.3) is 0 Å². The van der Waals surface area contributed by atoms with Gasteiger partial charge >= 0.3 is 0 Å². The van der Waals surface area contributed by atoms with E-state index in [0.717, 1.165) is 25.7 Å². The molecule has 2 rings (SSSR count). The number of alkyl halides is 1. The van der Waals surface area contributed by atoms with E-state index < -0.39 is 0 Å². The van der Waals surface area contributed by atoms with Crippen molar-refractivity contribution in [3.05, 3.63) is 0 Å². The van der Waals surface area contributed by atoms with Crippen LogP contribution in [0.4, 0.5) is 0 Å². The van der Waals surface area contributed by atoms with Crippen LogP contribution in [0.5, 0.6) is 0 Å². The van der Waals surface area contributed by atoms with Gasteiger partial charge in [-0.3, -0.25) is 4.79 Å². The van der Waals surface area contributed by atoms with E-state index in [4.69, 9.17) is 9.47 Å². The van der Waals surface area contributed by atoms with E-state index in [1.807, 2.05) is 0 Å². The summed E-state index contributed by atoms with van der Waals surface area (Å²) in [4.78, 5) is 14.7. The summed E-state index contributed by atoms with van der Waals surface area (Å²) in [6.45, 7) is 1.24. The molecule has 1 amide bonds. The summed E-state index contributed by atoms with van der Waals surface area (Å²) in [6.07, 6.45) is 4.47. The van der Waals surface area contributed by atoms with Crippen molar-refractivity contribution in [2.45, 2.75) is 42.6 Å². The van der Waals surface area contributed by atoms with Crippen molar-refractivity contribution in [3.8, 4) is 0 Å². The smallest absolute Gasteiger partial charge is 0.249 e. The molecular formula is C12H20BrNO3. The van der Waals surface area contributed by atoms with Gasteiger partial charge in [-0.2, -0.15) is 0 Å². The standard InChI is InChI=1S/C12H20BrNO3/c1-16-4-5-17-8-12(15)14-10-2-3-11(14)7-9(13)6-10/h9-11H,2-8H2,1H3. The van der Waals surface area contributed by atoms with Crippen molar-refractivity contribution in [3.63, 3.8) is 0 Å². The highest BCUT2D eigenvalue weighted by atomic mass is 79.9. The maximum atomic E-state index is 12.1.